The first-order valence-corrected chi connectivity index (χ1v) is 13.2. The molecule has 0 amide bonds. The second-order valence-electron chi connectivity index (χ2n) is 10.0. The SMILES string of the molecule is CC1(CC2CCCCC2)CCC1.CCC.CO.Cc1ccc([N+](=O)[O-])cc1C.Fc1cccc(F)c1. The lowest BCUT2D eigenvalue weighted by molar-refractivity contribution is -0.384. The second kappa shape index (κ2) is 18.9. The summed E-state index contributed by atoms with van der Waals surface area (Å²) in [6, 6.07) is 9.40. The van der Waals surface area contributed by atoms with Crippen molar-refractivity contribution in [2.45, 2.75) is 98.8 Å². The highest BCUT2D eigenvalue weighted by Gasteiger charge is 2.34. The van der Waals surface area contributed by atoms with Crippen molar-refractivity contribution < 1.29 is 18.8 Å². The van der Waals surface area contributed by atoms with Gasteiger partial charge in [0.15, 0.2) is 0 Å². The maximum absolute atomic E-state index is 11.9. The van der Waals surface area contributed by atoms with Gasteiger partial charge in [0.1, 0.15) is 11.6 Å². The van der Waals surface area contributed by atoms with Crippen molar-refractivity contribution in [1.82, 2.24) is 0 Å². The van der Waals surface area contributed by atoms with Crippen LogP contribution in [0.25, 0.3) is 0 Å². The van der Waals surface area contributed by atoms with Crippen LogP contribution in [0.1, 0.15) is 96.1 Å². The minimum Gasteiger partial charge on any atom is -0.400 e. The van der Waals surface area contributed by atoms with E-state index in [9.17, 15) is 18.9 Å². The summed E-state index contributed by atoms with van der Waals surface area (Å²) in [6.07, 6.45) is 14.9. The standard InChI is InChI=1S/C12H22.C8H9NO2.C6H4F2.C3H8.CH4O/c1-12(8-5-9-12)10-11-6-3-2-4-7-11;1-6-3-4-8(9(10)11)5-7(6)2;7-5-2-1-3-6(8)4-5;1-3-2;1-2/h11H,2-10H2,1H3;3-5H,1-2H3;1-4H;3H2,1-2H3;2H,1H3. The summed E-state index contributed by atoms with van der Waals surface area (Å²) in [5.41, 5.74) is 2.98. The van der Waals surface area contributed by atoms with E-state index in [0.29, 0.717) is 0 Å². The van der Waals surface area contributed by atoms with E-state index >= 15 is 0 Å². The van der Waals surface area contributed by atoms with Crippen LogP contribution in [0, 0.1) is 46.9 Å². The summed E-state index contributed by atoms with van der Waals surface area (Å²) in [7, 11) is 1.00. The van der Waals surface area contributed by atoms with Crippen LogP contribution in [-0.2, 0) is 0 Å². The Morgan fingerprint density at radius 3 is 1.81 bits per heavy atom. The lowest BCUT2D eigenvalue weighted by Gasteiger charge is -2.42. The molecule has 0 aromatic heterocycles. The smallest absolute Gasteiger partial charge is 0.269 e. The normalized spacial score (nSPS) is 15.6. The Morgan fingerprint density at radius 2 is 1.44 bits per heavy atom. The topological polar surface area (TPSA) is 63.4 Å². The molecule has 0 heterocycles. The number of nitro groups is 1. The summed E-state index contributed by atoms with van der Waals surface area (Å²) in [4.78, 5) is 9.89. The van der Waals surface area contributed by atoms with E-state index in [4.69, 9.17) is 5.11 Å². The maximum atomic E-state index is 11.9. The fourth-order valence-electron chi connectivity index (χ4n) is 4.37. The van der Waals surface area contributed by atoms with E-state index in [-0.39, 0.29) is 10.6 Å². The van der Waals surface area contributed by atoms with Crippen molar-refractivity contribution in [2.24, 2.45) is 11.3 Å². The summed E-state index contributed by atoms with van der Waals surface area (Å²) in [5.74, 6) is 0.0269. The third-order valence-corrected chi connectivity index (χ3v) is 6.55. The van der Waals surface area contributed by atoms with Gasteiger partial charge in [0.05, 0.1) is 4.92 Å². The average molecular weight is 508 g/mol. The summed E-state index contributed by atoms with van der Waals surface area (Å²) >= 11 is 0. The van der Waals surface area contributed by atoms with Gasteiger partial charge < -0.3 is 5.11 Å². The minimum absolute atomic E-state index is 0.160. The largest absolute Gasteiger partial charge is 0.400 e. The Balaban J connectivity index is 0.000000475. The zero-order valence-electron chi connectivity index (χ0n) is 23.2. The Bertz CT molecular complexity index is 846. The molecule has 204 valence electrons. The van der Waals surface area contributed by atoms with Crippen molar-refractivity contribution in [1.29, 1.82) is 0 Å². The number of hydrogen-bond donors (Lipinski definition) is 1. The molecule has 0 spiro atoms. The molecule has 4 rings (SSSR count). The van der Waals surface area contributed by atoms with Crippen LogP contribution < -0.4 is 0 Å². The van der Waals surface area contributed by atoms with Crippen LogP contribution in [0.5, 0.6) is 0 Å². The molecule has 0 saturated heterocycles. The number of nitrogens with zero attached hydrogens (tertiary/aromatic N) is 1. The average Bonchev–Trinajstić information content (AvgIpc) is 2.83. The fraction of sp³-hybridized carbons (Fsp3) is 0.600. The molecule has 0 unspecified atom stereocenters. The van der Waals surface area contributed by atoms with Gasteiger partial charge in [-0.1, -0.05) is 77.8 Å². The number of benzene rings is 2. The highest BCUT2D eigenvalue weighted by Crippen LogP contribution is 2.47. The zero-order valence-corrected chi connectivity index (χ0v) is 23.2. The van der Waals surface area contributed by atoms with Crippen LogP contribution in [0.2, 0.25) is 0 Å². The third-order valence-electron chi connectivity index (χ3n) is 6.55. The molecule has 0 bridgehead atoms. The molecule has 2 saturated carbocycles. The first-order chi connectivity index (χ1) is 17.1. The van der Waals surface area contributed by atoms with Gasteiger partial charge >= 0.3 is 0 Å². The first kappa shape index (κ1) is 33.7. The number of aryl methyl sites for hydroxylation is 2. The van der Waals surface area contributed by atoms with Gasteiger partial charge in [-0.15, -0.1) is 0 Å². The van der Waals surface area contributed by atoms with Gasteiger partial charge in [-0.05, 0) is 67.7 Å². The molecule has 2 aliphatic rings. The highest BCUT2D eigenvalue weighted by atomic mass is 19.1. The summed E-state index contributed by atoms with van der Waals surface area (Å²) in [6.45, 7) is 10.5. The van der Waals surface area contributed by atoms with E-state index in [1.807, 2.05) is 13.8 Å². The molecule has 2 fully saturated rings. The van der Waals surface area contributed by atoms with Crippen LogP contribution >= 0.6 is 0 Å². The molecule has 2 aromatic carbocycles. The quantitative estimate of drug-likeness (QED) is 0.332. The van der Waals surface area contributed by atoms with Gasteiger partial charge in [-0.2, -0.15) is 0 Å². The number of rotatable bonds is 3. The molecular weight excluding hydrogens is 460 g/mol. The molecule has 4 nitrogen and oxygen atoms in total. The Labute approximate surface area is 217 Å². The molecule has 2 aliphatic carbocycles. The van der Waals surface area contributed by atoms with Crippen molar-refractivity contribution in [3.05, 3.63) is 75.3 Å². The molecule has 1 N–H and O–H groups in total. The number of non-ortho nitro benzene ring substituents is 1. The number of hydrogen-bond acceptors (Lipinski definition) is 3. The highest BCUT2D eigenvalue weighted by molar-refractivity contribution is 5.38. The third kappa shape index (κ3) is 14.3. The number of halogens is 2. The molecule has 6 heteroatoms. The van der Waals surface area contributed by atoms with E-state index in [2.05, 4.69) is 20.8 Å². The van der Waals surface area contributed by atoms with Gasteiger partial charge in [0.25, 0.3) is 5.69 Å². The second-order valence-corrected chi connectivity index (χ2v) is 10.0. The molecule has 2 aromatic rings. The summed E-state index contributed by atoms with van der Waals surface area (Å²) in [5, 5.41) is 17.3. The monoisotopic (exact) mass is 507 g/mol. The number of aliphatic hydroxyl groups excluding tert-OH is 1. The van der Waals surface area contributed by atoms with E-state index in [1.54, 1.807) is 18.6 Å². The first-order valence-electron chi connectivity index (χ1n) is 13.2. The van der Waals surface area contributed by atoms with Crippen LogP contribution in [0.4, 0.5) is 14.5 Å². The molecule has 0 radical (unpaired) electrons. The Morgan fingerprint density at radius 1 is 0.917 bits per heavy atom. The van der Waals surface area contributed by atoms with Gasteiger partial charge in [-0.3, -0.25) is 10.1 Å². The predicted molar refractivity (Wildman–Crippen MR) is 146 cm³/mol. The van der Waals surface area contributed by atoms with Crippen molar-refractivity contribution in [3.8, 4) is 0 Å². The van der Waals surface area contributed by atoms with E-state index < -0.39 is 11.6 Å². The van der Waals surface area contributed by atoms with E-state index in [1.165, 1.54) is 82.1 Å². The molecule has 0 aliphatic heterocycles. The minimum atomic E-state index is -0.537. The molecule has 0 atom stereocenters. The van der Waals surface area contributed by atoms with E-state index in [0.717, 1.165) is 35.6 Å². The van der Waals surface area contributed by atoms with Crippen LogP contribution in [0.15, 0.2) is 42.5 Å². The van der Waals surface area contributed by atoms with Crippen LogP contribution in [-0.4, -0.2) is 17.1 Å². The lowest BCUT2D eigenvalue weighted by Crippen LogP contribution is -2.29. The van der Waals surface area contributed by atoms with Crippen LogP contribution in [0.3, 0.4) is 0 Å². The maximum Gasteiger partial charge on any atom is 0.269 e. The Kier molecular flexibility index (Phi) is 17.6. The zero-order chi connectivity index (χ0) is 27.6. The number of nitro benzene ring substituents is 1. The van der Waals surface area contributed by atoms with Gasteiger partial charge in [-0.25, -0.2) is 8.78 Å². The fourth-order valence-corrected chi connectivity index (χ4v) is 4.37. The van der Waals surface area contributed by atoms with Crippen molar-refractivity contribution in [2.75, 3.05) is 7.11 Å². The number of aliphatic hydroxyl groups is 1. The van der Waals surface area contributed by atoms with Gasteiger partial charge in [0, 0.05) is 25.3 Å². The van der Waals surface area contributed by atoms with Crippen molar-refractivity contribution >= 4 is 5.69 Å². The van der Waals surface area contributed by atoms with Crippen molar-refractivity contribution in [3.63, 3.8) is 0 Å². The predicted octanol–water partition coefficient (Wildman–Crippen LogP) is 9.35. The summed E-state index contributed by atoms with van der Waals surface area (Å²) < 4.78 is 23.9. The molecular formula is C30H47F2NO3. The molecule has 36 heavy (non-hydrogen) atoms. The Hall–Kier alpha value is -2.34. The lowest BCUT2D eigenvalue weighted by atomic mass is 9.64. The van der Waals surface area contributed by atoms with Gasteiger partial charge in [0.2, 0.25) is 0 Å².